The van der Waals surface area contributed by atoms with Crippen molar-refractivity contribution in [3.63, 3.8) is 0 Å². The number of esters is 4. The Kier molecular flexibility index (Phi) is 21.0. The fraction of sp³-hybridized carbons (Fsp3) is 0.128. The summed E-state index contributed by atoms with van der Waals surface area (Å²) in [7, 11) is -4.35. The van der Waals surface area contributed by atoms with Gasteiger partial charge in [-0.3, -0.25) is 24.1 Å². The number of thiazole rings is 1. The van der Waals surface area contributed by atoms with Gasteiger partial charge >= 0.3 is 34.0 Å². The number of anilines is 1. The minimum absolute atomic E-state index is 0.0312. The molecule has 0 bridgehead atoms. The predicted molar refractivity (Wildman–Crippen MR) is 377 cm³/mol. The van der Waals surface area contributed by atoms with Gasteiger partial charge in [0.15, 0.2) is 34.6 Å². The molecule has 2 amide bonds. The summed E-state index contributed by atoms with van der Waals surface area (Å²) in [5.41, 5.74) is 3.84. The van der Waals surface area contributed by atoms with Crippen LogP contribution in [0, 0.1) is 6.92 Å². The number of aromatic nitrogens is 1. The van der Waals surface area contributed by atoms with Gasteiger partial charge in [0.05, 0.1) is 0 Å². The monoisotopic (exact) mass is 1390 g/mol. The smallest absolute Gasteiger partial charge is 0.356 e. The Bertz CT molecular complexity index is 4640. The summed E-state index contributed by atoms with van der Waals surface area (Å²) in [5.74, 6) is -5.81. The minimum atomic E-state index is -4.35. The van der Waals surface area contributed by atoms with Crippen molar-refractivity contribution in [3.8, 4) is 11.5 Å². The first-order valence-corrected chi connectivity index (χ1v) is 34.8. The van der Waals surface area contributed by atoms with E-state index in [0.717, 1.165) is 65.5 Å². The van der Waals surface area contributed by atoms with Crippen molar-refractivity contribution in [1.82, 2.24) is 15.2 Å². The van der Waals surface area contributed by atoms with Crippen molar-refractivity contribution in [2.75, 3.05) is 11.1 Å². The van der Waals surface area contributed by atoms with Crippen molar-refractivity contribution in [3.05, 3.63) is 340 Å². The molecule has 22 heteroatoms. The maximum atomic E-state index is 15.7. The first kappa shape index (κ1) is 68.2. The normalized spacial score (nSPS) is 14.9. The number of carbonyl (C=O) groups excluding carboxylic acids is 6. The van der Waals surface area contributed by atoms with Crippen LogP contribution in [0.3, 0.4) is 0 Å². The molecule has 3 heterocycles. The Labute approximate surface area is 584 Å². The highest BCUT2D eigenvalue weighted by Gasteiger charge is 2.55. The number of amides is 2. The number of oxime groups is 1. The summed E-state index contributed by atoms with van der Waals surface area (Å²) in [6, 6.07) is 73.6. The van der Waals surface area contributed by atoms with Crippen LogP contribution in [0.1, 0.15) is 87.9 Å². The van der Waals surface area contributed by atoms with Crippen molar-refractivity contribution in [2.45, 2.75) is 60.9 Å². The average molecular weight is 1390 g/mol. The Hall–Kier alpha value is -11.7. The van der Waals surface area contributed by atoms with E-state index in [-0.39, 0.29) is 49.8 Å². The standard InChI is InChI=1S/C78H63N5O14S3/c1-50-39-42-62(43-40-50)100(90,91)92-46-45-58-48-98-74-67(73(87)83(74)68(58)75(88)95-69(53-25-11-4-12-26-53)54-27-13-5-14-28-54)80-72(86)66(63-49-99-77(79-63)81-78(59-33-19-8-20-34-59,60-35-21-9-22-36-60)61-37-23-10-24-38-61)82-97-71(57-41-44-64(93-51(2)84)65(47-57)94-52(3)85)76(89)96-70(55-29-15-6-16-30-55)56-31-17-7-18-32-56/h4-47,49,67,69-71,74H,48H2,1-3H3,(H,79,81)(H,80,86)/b46-45+,82-66-/t67-,71-,74+/m1/s1. The molecule has 1 aromatic heterocycles. The summed E-state index contributed by atoms with van der Waals surface area (Å²) in [6.45, 7) is 4.10. The molecule has 19 nitrogen and oxygen atoms in total. The number of nitrogens with one attached hydrogen (secondary N) is 2. The number of fused-ring (bicyclic) bond motifs is 1. The lowest BCUT2D eigenvalue weighted by Crippen LogP contribution is -2.71. The van der Waals surface area contributed by atoms with E-state index in [1.54, 1.807) is 115 Å². The molecule has 0 unspecified atom stereocenters. The van der Waals surface area contributed by atoms with Gasteiger partial charge in [-0.1, -0.05) is 241 Å². The van der Waals surface area contributed by atoms with Crippen LogP contribution in [0.4, 0.5) is 5.13 Å². The van der Waals surface area contributed by atoms with Crippen molar-refractivity contribution < 1.29 is 65.2 Å². The molecule has 2 aliphatic rings. The lowest BCUT2D eigenvalue weighted by molar-refractivity contribution is -0.162. The molecular formula is C78H63N5O14S3. The fourth-order valence-electron chi connectivity index (χ4n) is 11.5. The molecule has 9 aromatic carbocycles. The lowest BCUT2D eigenvalue weighted by Gasteiger charge is -2.49. The summed E-state index contributed by atoms with van der Waals surface area (Å²) in [6.07, 6.45) is -1.71. The number of nitrogens with zero attached hydrogens (tertiary/aromatic N) is 3. The third kappa shape index (κ3) is 15.3. The van der Waals surface area contributed by atoms with Crippen LogP contribution < -0.4 is 20.1 Å². The number of β-lactam (4-membered cyclic amide) rings is 1. The van der Waals surface area contributed by atoms with E-state index in [1.807, 2.05) is 122 Å². The number of thioether (sulfide) groups is 1. The number of benzene rings is 9. The van der Waals surface area contributed by atoms with Crippen LogP contribution in [-0.4, -0.2) is 76.9 Å². The number of ether oxygens (including phenoxy) is 4. The molecule has 502 valence electrons. The molecular weight excluding hydrogens is 1330 g/mol. The summed E-state index contributed by atoms with van der Waals surface area (Å²) >= 11 is 2.27. The van der Waals surface area contributed by atoms with Crippen molar-refractivity contribution >= 4 is 79.8 Å². The molecule has 1 fully saturated rings. The summed E-state index contributed by atoms with van der Waals surface area (Å²) in [4.78, 5) is 98.6. The van der Waals surface area contributed by atoms with E-state index < -0.39 is 86.8 Å². The Balaban J connectivity index is 0.946. The predicted octanol–water partition coefficient (Wildman–Crippen LogP) is 13.4. The van der Waals surface area contributed by atoms with Crippen LogP contribution in [0.2, 0.25) is 0 Å². The number of carbonyl (C=O) groups is 6. The van der Waals surface area contributed by atoms with E-state index in [0.29, 0.717) is 22.3 Å². The van der Waals surface area contributed by atoms with E-state index in [2.05, 4.69) is 15.8 Å². The third-order valence-electron chi connectivity index (χ3n) is 16.2. The average Bonchev–Trinajstić information content (AvgIpc) is 0.805. The maximum absolute atomic E-state index is 15.7. The van der Waals surface area contributed by atoms with Gasteiger partial charge in [-0.25, -0.2) is 14.6 Å². The van der Waals surface area contributed by atoms with E-state index in [1.165, 1.54) is 41.3 Å². The van der Waals surface area contributed by atoms with Gasteiger partial charge in [-0.05, 0) is 81.8 Å². The highest BCUT2D eigenvalue weighted by atomic mass is 32.2. The zero-order valence-corrected chi connectivity index (χ0v) is 56.3. The van der Waals surface area contributed by atoms with Gasteiger partial charge in [-0.2, -0.15) is 8.42 Å². The second-order valence-corrected chi connectivity index (χ2v) is 26.5. The lowest BCUT2D eigenvalue weighted by atomic mass is 9.77. The Morgan fingerprint density at radius 1 is 0.610 bits per heavy atom. The highest BCUT2D eigenvalue weighted by Crippen LogP contribution is 2.44. The number of hydrogen-bond acceptors (Lipinski definition) is 19. The molecule has 0 radical (unpaired) electrons. The zero-order chi connectivity index (χ0) is 69.8. The molecule has 2 N–H and O–H groups in total. The van der Waals surface area contributed by atoms with Crippen molar-refractivity contribution in [2.24, 2.45) is 5.16 Å². The van der Waals surface area contributed by atoms with Gasteiger partial charge in [0.2, 0.25) is 6.10 Å². The minimum Gasteiger partial charge on any atom is -0.449 e. The highest BCUT2D eigenvalue weighted by molar-refractivity contribution is 8.00. The molecule has 0 aliphatic carbocycles. The molecule has 3 atom stereocenters. The molecule has 12 rings (SSSR count). The van der Waals surface area contributed by atoms with Crippen LogP contribution in [-0.2, 0) is 62.9 Å². The first-order valence-electron chi connectivity index (χ1n) is 31.5. The first-order chi connectivity index (χ1) is 48.5. The summed E-state index contributed by atoms with van der Waals surface area (Å²) in [5, 5.41) is 11.9. The quantitative estimate of drug-likeness (QED) is 0.00789. The largest absolute Gasteiger partial charge is 0.449 e. The van der Waals surface area contributed by atoms with Crippen LogP contribution in [0.15, 0.2) is 294 Å². The Morgan fingerprint density at radius 2 is 1.09 bits per heavy atom. The fourth-order valence-corrected chi connectivity index (χ4v) is 14.4. The molecule has 2 aliphatic heterocycles. The van der Waals surface area contributed by atoms with Gasteiger partial charge in [0.1, 0.15) is 39.5 Å². The Morgan fingerprint density at radius 3 is 1.59 bits per heavy atom. The SMILES string of the molecule is CC(=O)Oc1ccc([C@@H](O/N=C(\C(=O)N[C@@H]2C(=O)N3C(C(=O)OC(c4ccccc4)c4ccccc4)=C(/C=C/OS(=O)(=O)c4ccc(C)cc4)CS[C@@H]23)c2csc(NC(c3ccccc3)(c3ccccc3)c3ccccc3)n2)C(=O)OC(c2ccccc2)c2ccccc2)cc1OC(C)=O. The van der Waals surface area contributed by atoms with Crippen LogP contribution >= 0.6 is 23.1 Å². The van der Waals surface area contributed by atoms with Gasteiger partial charge in [-0.15, -0.1) is 23.1 Å². The van der Waals surface area contributed by atoms with Gasteiger partial charge in [0, 0.05) is 30.5 Å². The zero-order valence-electron chi connectivity index (χ0n) is 53.9. The summed E-state index contributed by atoms with van der Waals surface area (Å²) < 4.78 is 55.9. The molecule has 0 spiro atoms. The van der Waals surface area contributed by atoms with Gasteiger partial charge in [0.25, 0.3) is 11.8 Å². The van der Waals surface area contributed by atoms with Crippen molar-refractivity contribution in [1.29, 1.82) is 0 Å². The molecule has 0 saturated carbocycles. The van der Waals surface area contributed by atoms with E-state index in [9.17, 15) is 18.0 Å². The molecule has 10 aromatic rings. The second-order valence-electron chi connectivity index (χ2n) is 23.0. The van der Waals surface area contributed by atoms with Crippen LogP contribution in [0.25, 0.3) is 0 Å². The number of hydrogen-bond donors (Lipinski definition) is 2. The number of allylic oxidation sites excluding steroid dienone is 1. The number of rotatable bonds is 25. The van der Waals surface area contributed by atoms with E-state index in [4.69, 9.17) is 33.0 Å². The second kappa shape index (κ2) is 30.8. The number of aryl methyl sites for hydroxylation is 1. The van der Waals surface area contributed by atoms with E-state index >= 15 is 19.2 Å². The van der Waals surface area contributed by atoms with Crippen LogP contribution in [0.5, 0.6) is 11.5 Å². The van der Waals surface area contributed by atoms with Gasteiger partial charge < -0.3 is 38.6 Å². The third-order valence-corrected chi connectivity index (χ3v) is 19.5. The molecule has 1 saturated heterocycles. The topological polar surface area (TPSA) is 244 Å². The maximum Gasteiger partial charge on any atom is 0.356 e. The molecule has 100 heavy (non-hydrogen) atoms.